The first kappa shape index (κ1) is 59.7. The molecule has 1 aliphatic heterocycles. The van der Waals surface area contributed by atoms with Crippen LogP contribution in [0.25, 0.3) is 78.0 Å². The van der Waals surface area contributed by atoms with Crippen LogP contribution in [0.3, 0.4) is 0 Å². The molecule has 0 saturated carbocycles. The Balaban J connectivity index is 1.01. The molecule has 13 aromatic rings. The van der Waals surface area contributed by atoms with Gasteiger partial charge in [0.25, 0.3) is 0 Å². The van der Waals surface area contributed by atoms with E-state index in [4.69, 9.17) is 9.72 Å². The molecule has 7 heteroatoms. The molecule has 11 aromatic carbocycles. The van der Waals surface area contributed by atoms with Gasteiger partial charge >= 0.3 is 332 Å². The zero-order valence-electron chi connectivity index (χ0n) is 53.8. The first-order chi connectivity index (χ1) is 44.4. The second-order valence-corrected chi connectivity index (χ2v) is 28.1. The number of rotatable bonds is 9. The fraction of sp³-hybridized carbons (Fsp3) is 0.153. The molecule has 0 radical (unpaired) electrons. The molecule has 456 valence electrons. The summed E-state index contributed by atoms with van der Waals surface area (Å²) in [5, 5.41) is 0. The van der Waals surface area contributed by atoms with E-state index in [0.29, 0.717) is 11.5 Å². The van der Waals surface area contributed by atoms with E-state index in [0.717, 1.165) is 127 Å². The minimum absolute atomic E-state index is 0.0258. The van der Waals surface area contributed by atoms with Gasteiger partial charge in [0.15, 0.2) is 0 Å². The Kier molecular flexibility index (Phi) is 15.4. The summed E-state index contributed by atoms with van der Waals surface area (Å²) in [6, 6.07) is 99.9. The van der Waals surface area contributed by atoms with Crippen molar-refractivity contribution in [1.82, 2.24) is 14.1 Å². The molecule has 0 unspecified atom stereocenters. The first-order valence-corrected chi connectivity index (χ1v) is 32.8. The number of aryl methyl sites for hydroxylation is 1. The number of hydrogen-bond donors (Lipinski definition) is 0. The predicted octanol–water partition coefficient (Wildman–Crippen LogP) is 23.1. The van der Waals surface area contributed by atoms with Gasteiger partial charge in [-0.05, 0) is 70.3 Å². The van der Waals surface area contributed by atoms with Crippen LogP contribution in [0.2, 0.25) is 0 Å². The molecule has 2 aromatic heterocycles. The predicted molar refractivity (Wildman–Crippen MR) is 379 cm³/mol. The average molecular weight is 1380 g/mol. The third-order valence-corrected chi connectivity index (χ3v) is 18.8. The third-order valence-electron chi connectivity index (χ3n) is 17.8. The van der Waals surface area contributed by atoms with Crippen LogP contribution in [-0.2, 0) is 35.6 Å². The summed E-state index contributed by atoms with van der Waals surface area (Å²) in [6.07, 6.45) is 2.05. The molecule has 1 aliphatic rings. The molecule has 0 atom stereocenters. The van der Waals surface area contributed by atoms with E-state index in [1.165, 1.54) is 11.1 Å². The second-order valence-electron chi connectivity index (χ2n) is 27.1. The maximum absolute atomic E-state index is 7.50. The van der Waals surface area contributed by atoms with E-state index in [9.17, 15) is 0 Å². The van der Waals surface area contributed by atoms with E-state index in [-0.39, 0.29) is 10.8 Å². The van der Waals surface area contributed by atoms with Gasteiger partial charge < -0.3 is 4.90 Å². The summed E-state index contributed by atoms with van der Waals surface area (Å²) < 4.78 is 13.2. The molecule has 14 rings (SSSR count). The Morgan fingerprint density at radius 2 is 0.913 bits per heavy atom. The number of fused-ring (bicyclic) bond motifs is 7. The number of nitrogens with zero attached hydrogens (tertiary/aromatic N) is 5. The zero-order chi connectivity index (χ0) is 63.6. The van der Waals surface area contributed by atoms with Crippen LogP contribution in [0.5, 0.6) is 11.5 Å². The number of pyridine rings is 1. The van der Waals surface area contributed by atoms with Gasteiger partial charge in [-0.2, -0.15) is 0 Å². The van der Waals surface area contributed by atoms with E-state index < -0.39 is 5.41 Å². The molecule has 3 heterocycles. The van der Waals surface area contributed by atoms with Crippen molar-refractivity contribution < 1.29 is 24.1 Å². The van der Waals surface area contributed by atoms with Crippen LogP contribution in [0.1, 0.15) is 84.6 Å². The van der Waals surface area contributed by atoms with Gasteiger partial charge in [0.1, 0.15) is 0 Å². The molecular weight excluding hydrogens is 1300 g/mol. The maximum atomic E-state index is 7.50. The van der Waals surface area contributed by atoms with Crippen molar-refractivity contribution in [3.63, 3.8) is 0 Å². The molecule has 0 N–H and O–H groups in total. The topological polar surface area (TPSA) is 38.5 Å². The summed E-state index contributed by atoms with van der Waals surface area (Å²) in [4.78, 5) is 10.3. The van der Waals surface area contributed by atoms with Gasteiger partial charge in [0.05, 0.1) is 5.69 Å². The number of anilines is 6. The normalized spacial score (nSPS) is 12.5. The molecule has 0 aliphatic carbocycles. The Labute approximate surface area is 552 Å². The van der Waals surface area contributed by atoms with Crippen LogP contribution in [0, 0.1) is 22.9 Å². The molecule has 0 saturated heterocycles. The van der Waals surface area contributed by atoms with Crippen molar-refractivity contribution in [1.29, 1.82) is 0 Å². The fourth-order valence-electron chi connectivity index (χ4n) is 13.0. The van der Waals surface area contributed by atoms with E-state index in [1.54, 1.807) is 0 Å². The number of hydrogen-bond acceptors (Lipinski definition) is 4. The standard InChI is InChI=1S/C85H73N5O.Pt/c1-57-50-81(86-55-72(57)60-44-46-61(47-45-60)83(2,3)4)90-76-49-48-62(84(5,6)7)51-70(76)68-36-20-22-40-74(68)89(63-32-18-13-19-33-63)75-41-23-21-37-69(75)71-53-73(85(8,9)10)80(54-79(71)90)91-65-35-26-34-64(52-65)87-56-88(78-43-25-24-42-77(78)87)82-66(58-28-14-11-15-29-58)38-27-39-67(82)59-30-16-12-17-31-59;/h11-51,53,55H,1-10H3;/q-2;. The summed E-state index contributed by atoms with van der Waals surface area (Å²) in [6.45, 7) is 22.6. The van der Waals surface area contributed by atoms with E-state index >= 15 is 0 Å². The summed E-state index contributed by atoms with van der Waals surface area (Å²) in [5.74, 6) is 1.91. The summed E-state index contributed by atoms with van der Waals surface area (Å²) in [7, 11) is 0. The Bertz CT molecular complexity index is 4930. The molecular formula is C85H73N5OPt-2. The number of benzene rings is 11. The van der Waals surface area contributed by atoms with Crippen LogP contribution in [0.4, 0.5) is 34.3 Å². The van der Waals surface area contributed by atoms with Gasteiger partial charge in [-0.25, -0.2) is 0 Å². The minimum Gasteiger partial charge on any atom is -0.0579 e. The molecule has 92 heavy (non-hydrogen) atoms. The molecule has 0 spiro atoms. The SMILES string of the molecule is Cc1cc(N2c3[c-]c(Oc4[c-]c(-n5[c](=[Pt])n(-c6c(-c7ccccc7)cccc6-c6ccccc6)c6ccccc65)ccc4)c(C(C)(C)C)cc3-c3ccccc3N(c3ccccc3)c3ccccc3-c3cc(C(C)(C)C)ccc32)ncc1-c1ccc(C(C)(C)C)cc1. The quantitative estimate of drug-likeness (QED) is 0.135. The van der Waals surface area contributed by atoms with Crippen LogP contribution < -0.4 is 14.5 Å². The smallest absolute Gasteiger partial charge is 0.0579 e. The molecule has 0 bridgehead atoms. The van der Waals surface area contributed by atoms with Crippen molar-refractivity contribution in [3.05, 3.63) is 299 Å². The van der Waals surface area contributed by atoms with Crippen molar-refractivity contribution in [2.24, 2.45) is 0 Å². The van der Waals surface area contributed by atoms with Crippen molar-refractivity contribution in [3.8, 4) is 78.5 Å². The van der Waals surface area contributed by atoms with E-state index in [2.05, 4.69) is 375 Å². The Morgan fingerprint density at radius 1 is 0.402 bits per heavy atom. The minimum atomic E-state index is -0.432. The zero-order valence-corrected chi connectivity index (χ0v) is 56.1. The van der Waals surface area contributed by atoms with Crippen molar-refractivity contribution >= 4 is 45.3 Å². The van der Waals surface area contributed by atoms with Gasteiger partial charge in [-0.3, -0.25) is 0 Å². The fourth-order valence-corrected chi connectivity index (χ4v) is 14.1. The number of para-hydroxylation sites is 6. The van der Waals surface area contributed by atoms with Gasteiger partial charge in [0.2, 0.25) is 0 Å². The summed E-state index contributed by atoms with van der Waals surface area (Å²) >= 11 is 2.51. The van der Waals surface area contributed by atoms with Gasteiger partial charge in [-0.15, -0.1) is 0 Å². The van der Waals surface area contributed by atoms with Crippen molar-refractivity contribution in [2.75, 3.05) is 9.80 Å². The van der Waals surface area contributed by atoms with Gasteiger partial charge in [-0.1, -0.05) is 120 Å². The first-order valence-electron chi connectivity index (χ1n) is 31.7. The Morgan fingerprint density at radius 3 is 1.51 bits per heavy atom. The van der Waals surface area contributed by atoms with E-state index in [1.807, 2.05) is 6.07 Å². The van der Waals surface area contributed by atoms with Crippen LogP contribution >= 0.6 is 0 Å². The number of ether oxygens (including phenoxy) is 1. The Hall–Kier alpha value is -9.87. The second kappa shape index (κ2) is 23.7. The van der Waals surface area contributed by atoms with Crippen molar-refractivity contribution in [2.45, 2.75) is 85.5 Å². The third kappa shape index (κ3) is 11.0. The average Bonchev–Trinajstić information content (AvgIpc) is 0.890. The monoisotopic (exact) mass is 1370 g/mol. The number of aromatic nitrogens is 3. The van der Waals surface area contributed by atoms with Crippen LogP contribution in [-0.4, -0.2) is 14.1 Å². The van der Waals surface area contributed by atoms with Gasteiger partial charge in [0, 0.05) is 23.0 Å². The molecule has 6 nitrogen and oxygen atoms in total. The number of imidazole rings is 1. The summed E-state index contributed by atoms with van der Waals surface area (Å²) in [5.41, 5.74) is 23.8. The van der Waals surface area contributed by atoms with Crippen LogP contribution in [0.15, 0.2) is 261 Å². The molecule has 0 fully saturated rings. The molecule has 0 amide bonds.